The van der Waals surface area contributed by atoms with Crippen molar-refractivity contribution in [3.8, 4) is 0 Å². The fraction of sp³-hybridized carbons (Fsp3) is 0.188. The quantitative estimate of drug-likeness (QED) is 0.841. The van der Waals surface area contributed by atoms with Crippen molar-refractivity contribution in [1.82, 2.24) is 0 Å². The molecule has 0 saturated heterocycles. The summed E-state index contributed by atoms with van der Waals surface area (Å²) < 4.78 is 6.20. The van der Waals surface area contributed by atoms with Gasteiger partial charge in [-0.05, 0) is 23.8 Å². The van der Waals surface area contributed by atoms with Crippen LogP contribution < -0.4 is 11.1 Å². The molecule has 0 aliphatic carbocycles. The fourth-order valence-electron chi connectivity index (χ4n) is 2.12. The summed E-state index contributed by atoms with van der Waals surface area (Å²) in [5.41, 5.74) is 8.80. The van der Waals surface area contributed by atoms with Crippen LogP contribution in [0.3, 0.4) is 0 Å². The Morgan fingerprint density at radius 1 is 1.24 bits per heavy atom. The lowest BCUT2D eigenvalue weighted by atomic mass is 10.1. The van der Waals surface area contributed by atoms with Gasteiger partial charge in [-0.15, -0.1) is 0 Å². The molecule has 110 valence electrons. The van der Waals surface area contributed by atoms with Gasteiger partial charge in [0.25, 0.3) is 0 Å². The smallest absolute Gasteiger partial charge is 0.249 e. The Bertz CT molecular complexity index is 644. The summed E-state index contributed by atoms with van der Waals surface area (Å²) in [7, 11) is 1.66. The standard InChI is InChI=1S/C16H17BrN2O2/c1-21-10-13-14(17)7-4-8-15(13)19-9-11-5-2-3-6-12(11)16(18)20/h2-8,19H,9-10H2,1H3,(H2,18,20). The van der Waals surface area contributed by atoms with Crippen molar-refractivity contribution in [2.75, 3.05) is 12.4 Å². The maximum atomic E-state index is 11.4. The van der Waals surface area contributed by atoms with Crippen LogP contribution in [0.2, 0.25) is 0 Å². The Balaban J connectivity index is 2.21. The predicted molar refractivity (Wildman–Crippen MR) is 87.1 cm³/mol. The van der Waals surface area contributed by atoms with Gasteiger partial charge in [-0.2, -0.15) is 0 Å². The van der Waals surface area contributed by atoms with E-state index in [0.717, 1.165) is 21.3 Å². The zero-order valence-corrected chi connectivity index (χ0v) is 13.3. The van der Waals surface area contributed by atoms with E-state index in [1.165, 1.54) is 0 Å². The normalized spacial score (nSPS) is 10.4. The molecule has 0 aliphatic heterocycles. The van der Waals surface area contributed by atoms with E-state index in [1.807, 2.05) is 30.3 Å². The van der Waals surface area contributed by atoms with Crippen LogP contribution in [-0.4, -0.2) is 13.0 Å². The van der Waals surface area contributed by atoms with Crippen molar-refractivity contribution in [2.45, 2.75) is 13.2 Å². The van der Waals surface area contributed by atoms with Crippen molar-refractivity contribution < 1.29 is 9.53 Å². The highest BCUT2D eigenvalue weighted by Crippen LogP contribution is 2.26. The third-order valence-corrected chi connectivity index (χ3v) is 3.90. The van der Waals surface area contributed by atoms with E-state index in [4.69, 9.17) is 10.5 Å². The summed E-state index contributed by atoms with van der Waals surface area (Å²) in [6.45, 7) is 1.02. The molecule has 0 heterocycles. The Hall–Kier alpha value is -1.85. The third kappa shape index (κ3) is 3.83. The maximum Gasteiger partial charge on any atom is 0.249 e. The lowest BCUT2D eigenvalue weighted by Gasteiger charge is -2.14. The highest BCUT2D eigenvalue weighted by Gasteiger charge is 2.09. The van der Waals surface area contributed by atoms with Gasteiger partial charge >= 0.3 is 0 Å². The Kier molecular flexibility index (Phi) is 5.36. The molecular formula is C16H17BrN2O2. The van der Waals surface area contributed by atoms with Crippen molar-refractivity contribution in [3.05, 3.63) is 63.6 Å². The molecule has 0 bridgehead atoms. The van der Waals surface area contributed by atoms with Gasteiger partial charge in [0.2, 0.25) is 5.91 Å². The van der Waals surface area contributed by atoms with Crippen molar-refractivity contribution in [1.29, 1.82) is 0 Å². The van der Waals surface area contributed by atoms with Gasteiger partial charge in [0.05, 0.1) is 6.61 Å². The molecule has 0 spiro atoms. The van der Waals surface area contributed by atoms with Crippen LogP contribution in [-0.2, 0) is 17.9 Å². The Morgan fingerprint density at radius 3 is 2.71 bits per heavy atom. The molecule has 2 aromatic rings. The number of carbonyl (C=O) groups excluding carboxylic acids is 1. The number of nitrogens with two attached hydrogens (primary N) is 1. The summed E-state index contributed by atoms with van der Waals surface area (Å²) in [4.78, 5) is 11.4. The molecule has 3 N–H and O–H groups in total. The lowest BCUT2D eigenvalue weighted by Crippen LogP contribution is -2.15. The number of amides is 1. The number of rotatable bonds is 6. The SMILES string of the molecule is COCc1c(Br)cccc1NCc1ccccc1C(N)=O. The van der Waals surface area contributed by atoms with E-state index < -0.39 is 5.91 Å². The summed E-state index contributed by atoms with van der Waals surface area (Å²) >= 11 is 3.52. The van der Waals surface area contributed by atoms with Gasteiger partial charge in [-0.25, -0.2) is 0 Å². The van der Waals surface area contributed by atoms with E-state index in [-0.39, 0.29) is 0 Å². The number of ether oxygens (including phenoxy) is 1. The van der Waals surface area contributed by atoms with E-state index in [2.05, 4.69) is 21.2 Å². The molecule has 0 fully saturated rings. The van der Waals surface area contributed by atoms with E-state index in [0.29, 0.717) is 18.7 Å². The molecule has 1 amide bonds. The highest BCUT2D eigenvalue weighted by atomic mass is 79.9. The van der Waals surface area contributed by atoms with Gasteiger partial charge in [0.15, 0.2) is 0 Å². The predicted octanol–water partition coefficient (Wildman–Crippen LogP) is 3.31. The number of hydrogen-bond acceptors (Lipinski definition) is 3. The Labute approximate surface area is 132 Å². The van der Waals surface area contributed by atoms with Crippen LogP contribution in [0.1, 0.15) is 21.5 Å². The highest BCUT2D eigenvalue weighted by molar-refractivity contribution is 9.10. The first-order valence-electron chi connectivity index (χ1n) is 6.51. The van der Waals surface area contributed by atoms with E-state index >= 15 is 0 Å². The topological polar surface area (TPSA) is 64.3 Å². The summed E-state index contributed by atoms with van der Waals surface area (Å²) in [5.74, 6) is -0.418. The molecule has 4 nitrogen and oxygen atoms in total. The Morgan fingerprint density at radius 2 is 2.00 bits per heavy atom. The summed E-state index contributed by atoms with van der Waals surface area (Å²) in [5, 5.41) is 3.33. The van der Waals surface area contributed by atoms with Crippen LogP contribution in [0.25, 0.3) is 0 Å². The number of nitrogens with one attached hydrogen (secondary N) is 1. The van der Waals surface area contributed by atoms with E-state index in [9.17, 15) is 4.79 Å². The fourth-order valence-corrected chi connectivity index (χ4v) is 2.60. The zero-order chi connectivity index (χ0) is 15.2. The first-order valence-corrected chi connectivity index (χ1v) is 7.30. The second-order valence-electron chi connectivity index (χ2n) is 4.57. The van der Waals surface area contributed by atoms with Gasteiger partial charge < -0.3 is 15.8 Å². The maximum absolute atomic E-state index is 11.4. The van der Waals surface area contributed by atoms with Crippen LogP contribution in [0, 0.1) is 0 Å². The lowest BCUT2D eigenvalue weighted by molar-refractivity contribution is 0.0999. The average Bonchev–Trinajstić information content (AvgIpc) is 2.48. The second-order valence-corrected chi connectivity index (χ2v) is 5.43. The number of halogens is 1. The molecule has 2 aromatic carbocycles. The average molecular weight is 349 g/mol. The van der Waals surface area contributed by atoms with Crippen molar-refractivity contribution in [2.24, 2.45) is 5.73 Å². The summed E-state index contributed by atoms with van der Waals surface area (Å²) in [6, 6.07) is 13.2. The second kappa shape index (κ2) is 7.24. The molecule has 0 radical (unpaired) electrons. The number of hydrogen-bond donors (Lipinski definition) is 2. The number of carbonyl (C=O) groups is 1. The van der Waals surface area contributed by atoms with Gasteiger partial charge in [-0.1, -0.05) is 40.2 Å². The molecule has 0 atom stereocenters. The minimum Gasteiger partial charge on any atom is -0.381 e. The van der Waals surface area contributed by atoms with E-state index in [1.54, 1.807) is 19.2 Å². The van der Waals surface area contributed by atoms with Crippen LogP contribution >= 0.6 is 15.9 Å². The molecule has 0 saturated carbocycles. The summed E-state index contributed by atoms with van der Waals surface area (Å²) in [6.07, 6.45) is 0. The zero-order valence-electron chi connectivity index (χ0n) is 11.7. The number of methoxy groups -OCH3 is 1. The van der Waals surface area contributed by atoms with Crippen molar-refractivity contribution in [3.63, 3.8) is 0 Å². The number of primary amides is 1. The molecule has 0 aromatic heterocycles. The number of benzene rings is 2. The molecule has 21 heavy (non-hydrogen) atoms. The largest absolute Gasteiger partial charge is 0.381 e. The van der Waals surface area contributed by atoms with Gasteiger partial charge in [-0.3, -0.25) is 4.79 Å². The first-order chi connectivity index (χ1) is 10.1. The molecule has 0 aliphatic rings. The van der Waals surface area contributed by atoms with Crippen LogP contribution in [0.5, 0.6) is 0 Å². The first kappa shape index (κ1) is 15.5. The third-order valence-electron chi connectivity index (χ3n) is 3.16. The van der Waals surface area contributed by atoms with Gasteiger partial charge in [0, 0.05) is 34.9 Å². The molecule has 0 unspecified atom stereocenters. The van der Waals surface area contributed by atoms with Gasteiger partial charge in [0.1, 0.15) is 0 Å². The molecular weight excluding hydrogens is 332 g/mol. The van der Waals surface area contributed by atoms with Crippen molar-refractivity contribution >= 4 is 27.5 Å². The molecule has 2 rings (SSSR count). The molecule has 5 heteroatoms. The van der Waals surface area contributed by atoms with Crippen LogP contribution in [0.15, 0.2) is 46.9 Å². The minimum atomic E-state index is -0.418. The monoisotopic (exact) mass is 348 g/mol. The minimum absolute atomic E-state index is 0.418. The number of anilines is 1. The van der Waals surface area contributed by atoms with Crippen LogP contribution in [0.4, 0.5) is 5.69 Å².